The number of benzene rings is 1. The van der Waals surface area contributed by atoms with Gasteiger partial charge < -0.3 is 10.0 Å². The molecule has 1 aliphatic heterocycles. The molecular weight excluding hydrogens is 314 g/mol. The van der Waals surface area contributed by atoms with Crippen molar-refractivity contribution in [3.8, 4) is 0 Å². The van der Waals surface area contributed by atoms with Crippen molar-refractivity contribution in [3.63, 3.8) is 0 Å². The Morgan fingerprint density at radius 1 is 1.12 bits per heavy atom. The molecule has 1 atom stereocenters. The summed E-state index contributed by atoms with van der Waals surface area (Å²) in [5, 5.41) is 16.0. The van der Waals surface area contributed by atoms with Crippen LogP contribution in [0.15, 0.2) is 36.5 Å². The third-order valence-corrected chi connectivity index (χ3v) is 5.11. The van der Waals surface area contributed by atoms with Crippen LogP contribution in [0.4, 0.5) is 5.82 Å². The average Bonchev–Trinajstić information content (AvgIpc) is 3.02. The zero-order chi connectivity index (χ0) is 17.4. The highest BCUT2D eigenvalue weighted by molar-refractivity contribution is 5.87. The predicted octanol–water partition coefficient (Wildman–Crippen LogP) is 2.62. The standard InChI is InChI=1S/C19H23N5O/c1-13-21-18-16(12-20-23(18)2)19(22-13)24-10-8-15(9-11-24)17(25)14-6-4-3-5-7-14/h3-7,12,15,17,25H,8-11H2,1-2H3. The average molecular weight is 337 g/mol. The van der Waals surface area contributed by atoms with Gasteiger partial charge in [-0.3, -0.25) is 4.68 Å². The maximum atomic E-state index is 10.7. The zero-order valence-corrected chi connectivity index (χ0v) is 14.6. The van der Waals surface area contributed by atoms with Crippen LogP contribution in [0.2, 0.25) is 0 Å². The second-order valence-electron chi connectivity index (χ2n) is 6.78. The SMILES string of the molecule is Cc1nc(N2CCC(C(O)c3ccccc3)CC2)c2cnn(C)c2n1. The Hall–Kier alpha value is -2.47. The molecular formula is C19H23N5O. The largest absolute Gasteiger partial charge is 0.388 e. The molecule has 3 aromatic rings. The van der Waals surface area contributed by atoms with E-state index in [9.17, 15) is 5.11 Å². The van der Waals surface area contributed by atoms with Crippen molar-refractivity contribution in [2.24, 2.45) is 13.0 Å². The van der Waals surface area contributed by atoms with E-state index in [1.165, 1.54) is 0 Å². The number of piperidine rings is 1. The van der Waals surface area contributed by atoms with Gasteiger partial charge in [-0.2, -0.15) is 5.10 Å². The van der Waals surface area contributed by atoms with Gasteiger partial charge in [-0.05, 0) is 31.2 Å². The fraction of sp³-hybridized carbons (Fsp3) is 0.421. The highest BCUT2D eigenvalue weighted by Gasteiger charge is 2.28. The summed E-state index contributed by atoms with van der Waals surface area (Å²) in [4.78, 5) is 11.5. The van der Waals surface area contributed by atoms with Crippen LogP contribution in [0.3, 0.4) is 0 Å². The molecule has 6 heteroatoms. The number of hydrogen-bond acceptors (Lipinski definition) is 5. The summed E-state index contributed by atoms with van der Waals surface area (Å²) in [6, 6.07) is 9.95. The molecule has 0 bridgehead atoms. The van der Waals surface area contributed by atoms with Gasteiger partial charge in [0.15, 0.2) is 5.65 Å². The quantitative estimate of drug-likeness (QED) is 0.796. The van der Waals surface area contributed by atoms with Crippen molar-refractivity contribution in [1.82, 2.24) is 19.7 Å². The van der Waals surface area contributed by atoms with E-state index in [4.69, 9.17) is 0 Å². The van der Waals surface area contributed by atoms with Crippen molar-refractivity contribution in [3.05, 3.63) is 47.9 Å². The first kappa shape index (κ1) is 16.0. The molecule has 1 saturated heterocycles. The van der Waals surface area contributed by atoms with E-state index in [1.54, 1.807) is 4.68 Å². The fourth-order valence-corrected chi connectivity index (χ4v) is 3.70. The summed E-state index contributed by atoms with van der Waals surface area (Å²) in [5.41, 5.74) is 1.88. The van der Waals surface area contributed by atoms with Crippen molar-refractivity contribution >= 4 is 16.9 Å². The summed E-state index contributed by atoms with van der Waals surface area (Å²) in [6.07, 6.45) is 3.34. The van der Waals surface area contributed by atoms with Gasteiger partial charge in [0.1, 0.15) is 11.6 Å². The second-order valence-corrected chi connectivity index (χ2v) is 6.78. The van der Waals surface area contributed by atoms with E-state index < -0.39 is 6.10 Å². The van der Waals surface area contributed by atoms with Gasteiger partial charge in [0.25, 0.3) is 0 Å². The highest BCUT2D eigenvalue weighted by atomic mass is 16.3. The third kappa shape index (κ3) is 2.98. The molecule has 0 radical (unpaired) electrons. The monoisotopic (exact) mass is 337 g/mol. The molecule has 0 amide bonds. The molecule has 0 aliphatic carbocycles. The van der Waals surface area contributed by atoms with E-state index in [2.05, 4.69) is 20.0 Å². The van der Waals surface area contributed by atoms with Crippen molar-refractivity contribution in [2.45, 2.75) is 25.9 Å². The van der Waals surface area contributed by atoms with Gasteiger partial charge in [-0.25, -0.2) is 9.97 Å². The van der Waals surface area contributed by atoms with E-state index in [-0.39, 0.29) is 5.92 Å². The molecule has 1 unspecified atom stereocenters. The number of aryl methyl sites for hydroxylation is 2. The minimum absolute atomic E-state index is 0.283. The van der Waals surface area contributed by atoms with Crippen LogP contribution < -0.4 is 4.90 Å². The van der Waals surface area contributed by atoms with Crippen molar-refractivity contribution in [1.29, 1.82) is 0 Å². The first-order valence-corrected chi connectivity index (χ1v) is 8.78. The van der Waals surface area contributed by atoms with Crippen LogP contribution in [0.25, 0.3) is 11.0 Å². The number of nitrogens with zero attached hydrogens (tertiary/aromatic N) is 5. The van der Waals surface area contributed by atoms with Crippen LogP contribution >= 0.6 is 0 Å². The van der Waals surface area contributed by atoms with E-state index in [0.29, 0.717) is 0 Å². The van der Waals surface area contributed by atoms with Gasteiger partial charge >= 0.3 is 0 Å². The number of aromatic nitrogens is 4. The number of anilines is 1. The number of hydrogen-bond donors (Lipinski definition) is 1. The molecule has 1 fully saturated rings. The Kier molecular flexibility index (Phi) is 4.13. The van der Waals surface area contributed by atoms with Crippen molar-refractivity contribution < 1.29 is 5.11 Å². The highest BCUT2D eigenvalue weighted by Crippen LogP contribution is 2.33. The predicted molar refractivity (Wildman–Crippen MR) is 97.4 cm³/mol. The van der Waals surface area contributed by atoms with Gasteiger partial charge in [0, 0.05) is 20.1 Å². The van der Waals surface area contributed by atoms with Crippen LogP contribution in [0.1, 0.15) is 30.3 Å². The first-order valence-electron chi connectivity index (χ1n) is 8.78. The lowest BCUT2D eigenvalue weighted by Crippen LogP contribution is -2.36. The van der Waals surface area contributed by atoms with E-state index in [0.717, 1.165) is 54.2 Å². The van der Waals surface area contributed by atoms with Crippen LogP contribution in [0.5, 0.6) is 0 Å². The molecule has 1 N–H and O–H groups in total. The first-order chi connectivity index (χ1) is 12.1. The molecule has 0 saturated carbocycles. The molecule has 2 aromatic heterocycles. The van der Waals surface area contributed by atoms with Gasteiger partial charge in [-0.15, -0.1) is 0 Å². The second kappa shape index (κ2) is 6.44. The summed E-state index contributed by atoms with van der Waals surface area (Å²) >= 11 is 0. The summed E-state index contributed by atoms with van der Waals surface area (Å²) < 4.78 is 1.79. The molecule has 25 heavy (non-hydrogen) atoms. The molecule has 3 heterocycles. The number of aliphatic hydroxyl groups is 1. The fourth-order valence-electron chi connectivity index (χ4n) is 3.70. The molecule has 130 valence electrons. The number of aliphatic hydroxyl groups excluding tert-OH is 1. The topological polar surface area (TPSA) is 67.1 Å². The molecule has 6 nitrogen and oxygen atoms in total. The van der Waals surface area contributed by atoms with Gasteiger partial charge in [0.2, 0.25) is 0 Å². The maximum Gasteiger partial charge on any atom is 0.163 e. The minimum Gasteiger partial charge on any atom is -0.388 e. The van der Waals surface area contributed by atoms with Crippen LogP contribution in [-0.2, 0) is 7.05 Å². The molecule has 4 rings (SSSR count). The molecule has 0 spiro atoms. The lowest BCUT2D eigenvalue weighted by Gasteiger charge is -2.35. The zero-order valence-electron chi connectivity index (χ0n) is 14.6. The number of fused-ring (bicyclic) bond motifs is 1. The van der Waals surface area contributed by atoms with Crippen molar-refractivity contribution in [2.75, 3.05) is 18.0 Å². The van der Waals surface area contributed by atoms with E-state index >= 15 is 0 Å². The Morgan fingerprint density at radius 3 is 2.56 bits per heavy atom. The Morgan fingerprint density at radius 2 is 1.84 bits per heavy atom. The van der Waals surface area contributed by atoms with Gasteiger partial charge in [-0.1, -0.05) is 30.3 Å². The smallest absolute Gasteiger partial charge is 0.163 e. The third-order valence-electron chi connectivity index (χ3n) is 5.11. The lowest BCUT2D eigenvalue weighted by atomic mass is 9.87. The summed E-state index contributed by atoms with van der Waals surface area (Å²) in [6.45, 7) is 3.69. The van der Waals surface area contributed by atoms with E-state index in [1.807, 2.05) is 50.5 Å². The number of rotatable bonds is 3. The summed E-state index contributed by atoms with van der Waals surface area (Å²) in [7, 11) is 1.90. The Bertz CT molecular complexity index is 868. The lowest BCUT2D eigenvalue weighted by molar-refractivity contribution is 0.0929. The normalized spacial score (nSPS) is 17.2. The Balaban J connectivity index is 1.53. The minimum atomic E-state index is -0.395. The summed E-state index contributed by atoms with van der Waals surface area (Å²) in [5.74, 6) is 2.01. The van der Waals surface area contributed by atoms with Crippen LogP contribution in [0, 0.1) is 12.8 Å². The van der Waals surface area contributed by atoms with Gasteiger partial charge in [0.05, 0.1) is 17.7 Å². The van der Waals surface area contributed by atoms with Crippen LogP contribution in [-0.4, -0.2) is 37.9 Å². The maximum absolute atomic E-state index is 10.7. The molecule has 1 aliphatic rings. The Labute approximate surface area is 147 Å². The molecule has 1 aromatic carbocycles.